The van der Waals surface area contributed by atoms with Crippen molar-refractivity contribution in [3.05, 3.63) is 58.3 Å². The molecule has 102 valence electrons. The van der Waals surface area contributed by atoms with Crippen LogP contribution in [-0.4, -0.2) is 8.42 Å². The number of hydrogen-bond donors (Lipinski definition) is 1. The van der Waals surface area contributed by atoms with Crippen molar-refractivity contribution in [1.82, 2.24) is 0 Å². The lowest BCUT2D eigenvalue weighted by molar-refractivity contribution is 0.601. The van der Waals surface area contributed by atoms with Crippen molar-refractivity contribution in [1.29, 1.82) is 5.26 Å². The fourth-order valence-corrected chi connectivity index (χ4v) is 3.22. The number of halogens is 2. The van der Waals surface area contributed by atoms with Crippen LogP contribution in [0.2, 0.25) is 0 Å². The van der Waals surface area contributed by atoms with Crippen molar-refractivity contribution in [2.75, 3.05) is 4.72 Å². The molecule has 1 N–H and O–H groups in total. The zero-order chi connectivity index (χ0) is 14.8. The summed E-state index contributed by atoms with van der Waals surface area (Å²) < 4.78 is 39.9. The molecule has 0 saturated heterocycles. The molecule has 20 heavy (non-hydrogen) atoms. The molecule has 7 heteroatoms. The van der Waals surface area contributed by atoms with Gasteiger partial charge >= 0.3 is 0 Å². The van der Waals surface area contributed by atoms with Crippen molar-refractivity contribution in [3.8, 4) is 6.07 Å². The Morgan fingerprint density at radius 1 is 1.20 bits per heavy atom. The summed E-state index contributed by atoms with van der Waals surface area (Å²) in [5, 5.41) is 8.78. The lowest BCUT2D eigenvalue weighted by Crippen LogP contribution is -2.13. The third kappa shape index (κ3) is 3.15. The van der Waals surface area contributed by atoms with Crippen molar-refractivity contribution < 1.29 is 12.8 Å². The molecule has 0 bridgehead atoms. The molecule has 2 aromatic carbocycles. The lowest BCUT2D eigenvalue weighted by Gasteiger charge is -2.10. The maximum Gasteiger partial charge on any atom is 0.261 e. The molecule has 0 aromatic heterocycles. The summed E-state index contributed by atoms with van der Waals surface area (Å²) in [5.74, 6) is -0.480. The Kier molecular flexibility index (Phi) is 4.06. The van der Waals surface area contributed by atoms with E-state index in [0.29, 0.717) is 0 Å². The number of benzene rings is 2. The van der Waals surface area contributed by atoms with Gasteiger partial charge in [0, 0.05) is 4.47 Å². The molecule has 0 aliphatic heterocycles. The van der Waals surface area contributed by atoms with Gasteiger partial charge in [-0.3, -0.25) is 4.72 Å². The Morgan fingerprint density at radius 2 is 1.95 bits per heavy atom. The molecule has 0 atom stereocenters. The fourth-order valence-electron chi connectivity index (χ4n) is 1.51. The maximum absolute atomic E-state index is 13.0. The van der Waals surface area contributed by atoms with E-state index in [9.17, 15) is 12.8 Å². The van der Waals surface area contributed by atoms with Gasteiger partial charge in [0.15, 0.2) is 0 Å². The van der Waals surface area contributed by atoms with Crippen molar-refractivity contribution >= 4 is 31.6 Å². The van der Waals surface area contributed by atoms with Crippen LogP contribution in [0.15, 0.2) is 51.8 Å². The molecule has 2 aromatic rings. The summed E-state index contributed by atoms with van der Waals surface area (Å²) in [6.45, 7) is 0. The highest BCUT2D eigenvalue weighted by molar-refractivity contribution is 9.10. The van der Waals surface area contributed by atoms with Crippen LogP contribution in [0.25, 0.3) is 0 Å². The van der Waals surface area contributed by atoms with E-state index in [4.69, 9.17) is 5.26 Å². The van der Waals surface area contributed by atoms with Crippen LogP contribution >= 0.6 is 15.9 Å². The molecule has 0 spiro atoms. The standard InChI is InChI=1S/C13H8BrFN2O2S/c14-12-7-10(15)4-5-13(12)17-20(18,19)11-3-1-2-9(6-11)8-16/h1-7,17H. The zero-order valence-corrected chi connectivity index (χ0v) is 12.4. The quantitative estimate of drug-likeness (QED) is 0.919. The molecule has 0 aliphatic carbocycles. The molecule has 4 nitrogen and oxygen atoms in total. The number of rotatable bonds is 3. The lowest BCUT2D eigenvalue weighted by atomic mass is 10.2. The monoisotopic (exact) mass is 354 g/mol. The number of hydrogen-bond acceptors (Lipinski definition) is 3. The highest BCUT2D eigenvalue weighted by atomic mass is 79.9. The van der Waals surface area contributed by atoms with Crippen molar-refractivity contribution in [3.63, 3.8) is 0 Å². The molecular formula is C13H8BrFN2O2S. The smallest absolute Gasteiger partial charge is 0.261 e. The number of nitriles is 1. The Hall–Kier alpha value is -1.91. The first-order valence-electron chi connectivity index (χ1n) is 5.40. The SMILES string of the molecule is N#Cc1cccc(S(=O)(=O)Nc2ccc(F)cc2Br)c1. The fraction of sp³-hybridized carbons (Fsp3) is 0. The van der Waals surface area contributed by atoms with Gasteiger partial charge in [-0.05, 0) is 52.3 Å². The van der Waals surface area contributed by atoms with E-state index in [1.807, 2.05) is 6.07 Å². The zero-order valence-electron chi connectivity index (χ0n) is 9.97. The summed E-state index contributed by atoms with van der Waals surface area (Å²) in [6, 6.07) is 11.1. The van der Waals surface area contributed by atoms with E-state index in [0.717, 1.165) is 12.1 Å². The van der Waals surface area contributed by atoms with E-state index in [2.05, 4.69) is 20.7 Å². The third-order valence-electron chi connectivity index (χ3n) is 2.45. The van der Waals surface area contributed by atoms with Gasteiger partial charge in [-0.25, -0.2) is 12.8 Å². The summed E-state index contributed by atoms with van der Waals surface area (Å²) in [7, 11) is -3.83. The van der Waals surface area contributed by atoms with E-state index >= 15 is 0 Å². The second kappa shape index (κ2) is 5.61. The van der Waals surface area contributed by atoms with Crippen molar-refractivity contribution in [2.24, 2.45) is 0 Å². The van der Waals surface area contributed by atoms with Gasteiger partial charge in [-0.1, -0.05) is 6.07 Å². The maximum atomic E-state index is 13.0. The van der Waals surface area contributed by atoms with Crippen LogP contribution in [0, 0.1) is 17.1 Å². The van der Waals surface area contributed by atoms with Gasteiger partial charge in [0.2, 0.25) is 0 Å². The molecule has 2 rings (SSSR count). The molecule has 0 heterocycles. The Bertz CT molecular complexity index is 800. The summed E-state index contributed by atoms with van der Waals surface area (Å²) >= 11 is 3.08. The van der Waals surface area contributed by atoms with Crippen LogP contribution in [0.1, 0.15) is 5.56 Å². The van der Waals surface area contributed by atoms with Crippen LogP contribution < -0.4 is 4.72 Å². The third-order valence-corrected chi connectivity index (χ3v) is 4.47. The first-order chi connectivity index (χ1) is 9.42. The topological polar surface area (TPSA) is 70.0 Å². The minimum atomic E-state index is -3.83. The number of nitrogens with zero attached hydrogens (tertiary/aromatic N) is 1. The Balaban J connectivity index is 2.38. The summed E-state index contributed by atoms with van der Waals surface area (Å²) in [6.07, 6.45) is 0. The highest BCUT2D eigenvalue weighted by Gasteiger charge is 2.16. The van der Waals surface area contributed by atoms with Gasteiger partial charge in [0.1, 0.15) is 5.82 Å². The molecule has 0 fully saturated rings. The second-order valence-electron chi connectivity index (χ2n) is 3.87. The molecule has 0 radical (unpaired) electrons. The predicted molar refractivity (Wildman–Crippen MR) is 76.1 cm³/mol. The number of anilines is 1. The predicted octanol–water partition coefficient (Wildman–Crippen LogP) is 3.26. The van der Waals surface area contributed by atoms with Crippen molar-refractivity contribution in [2.45, 2.75) is 4.90 Å². The van der Waals surface area contributed by atoms with Crippen LogP contribution in [0.5, 0.6) is 0 Å². The minimum Gasteiger partial charge on any atom is -0.278 e. The van der Waals surface area contributed by atoms with Crippen LogP contribution in [-0.2, 0) is 10.0 Å². The molecule has 0 aliphatic rings. The molecule has 0 unspecified atom stereocenters. The van der Waals surface area contributed by atoms with Gasteiger partial charge in [0.25, 0.3) is 10.0 Å². The van der Waals surface area contributed by atoms with Gasteiger partial charge in [0.05, 0.1) is 22.2 Å². The summed E-state index contributed by atoms with van der Waals surface area (Å²) in [4.78, 5) is -0.0345. The first kappa shape index (κ1) is 14.5. The van der Waals surface area contributed by atoms with Crippen LogP contribution in [0.4, 0.5) is 10.1 Å². The van der Waals surface area contributed by atoms with E-state index < -0.39 is 15.8 Å². The Labute approximate surface area is 124 Å². The van der Waals surface area contributed by atoms with E-state index in [1.165, 1.54) is 30.3 Å². The van der Waals surface area contributed by atoms with E-state index in [1.54, 1.807) is 0 Å². The average Bonchev–Trinajstić information content (AvgIpc) is 2.42. The van der Waals surface area contributed by atoms with Gasteiger partial charge in [-0.2, -0.15) is 5.26 Å². The second-order valence-corrected chi connectivity index (χ2v) is 6.41. The first-order valence-corrected chi connectivity index (χ1v) is 7.68. The molecule has 0 saturated carbocycles. The molecule has 0 amide bonds. The minimum absolute atomic E-state index is 0.0345. The normalized spacial score (nSPS) is 10.8. The highest BCUT2D eigenvalue weighted by Crippen LogP contribution is 2.25. The Morgan fingerprint density at radius 3 is 2.60 bits per heavy atom. The summed E-state index contributed by atoms with van der Waals surface area (Å²) in [5.41, 5.74) is 0.458. The van der Waals surface area contributed by atoms with E-state index in [-0.39, 0.29) is 20.6 Å². The molecular weight excluding hydrogens is 347 g/mol. The largest absolute Gasteiger partial charge is 0.278 e. The average molecular weight is 355 g/mol. The van der Waals surface area contributed by atoms with Gasteiger partial charge < -0.3 is 0 Å². The number of nitrogens with one attached hydrogen (secondary N) is 1. The van der Waals surface area contributed by atoms with Crippen LogP contribution in [0.3, 0.4) is 0 Å². The number of sulfonamides is 1. The van der Waals surface area contributed by atoms with Gasteiger partial charge in [-0.15, -0.1) is 0 Å².